The summed E-state index contributed by atoms with van der Waals surface area (Å²) in [6, 6.07) is 29.2. The van der Waals surface area contributed by atoms with Crippen molar-refractivity contribution in [1.82, 2.24) is 15.0 Å². The summed E-state index contributed by atoms with van der Waals surface area (Å²) in [6.07, 6.45) is 5.25. The molecule has 248 valence electrons. The lowest BCUT2D eigenvalue weighted by Crippen LogP contribution is -2.50. The number of aliphatic hydroxyl groups excluding tert-OH is 1. The van der Waals surface area contributed by atoms with Crippen molar-refractivity contribution in [2.24, 2.45) is 5.92 Å². The zero-order chi connectivity index (χ0) is 33.4. The molecule has 0 saturated carbocycles. The van der Waals surface area contributed by atoms with E-state index in [2.05, 4.69) is 84.9 Å². The Morgan fingerprint density at radius 2 is 1.71 bits per heavy atom. The number of aliphatic hydroxyl groups is 1. The van der Waals surface area contributed by atoms with Gasteiger partial charge in [0, 0.05) is 36.8 Å². The smallest absolute Gasteiger partial charge is 0.263 e. The third-order valence-electron chi connectivity index (χ3n) is 10.6. The SMILES string of the molecule is COc1ccc([Si](C)(C)[C@@H]2[C@@H](C)[C@@H](CCc3cccc(N4C(=O)c5cccc6cccc4c56)c3)O[C@H]2CCn2cc(CCO)nn2)cc1. The van der Waals surface area contributed by atoms with E-state index in [9.17, 15) is 9.90 Å². The molecule has 7 rings (SSSR count). The lowest BCUT2D eigenvalue weighted by atomic mass is 9.95. The maximum atomic E-state index is 13.6. The van der Waals surface area contributed by atoms with Crippen LogP contribution in [0, 0.1) is 5.92 Å². The minimum absolute atomic E-state index is 0.0268. The zero-order valence-electron chi connectivity index (χ0n) is 28.2. The van der Waals surface area contributed by atoms with Crippen molar-refractivity contribution in [3.05, 3.63) is 108 Å². The lowest BCUT2D eigenvalue weighted by Gasteiger charge is -2.36. The lowest BCUT2D eigenvalue weighted by molar-refractivity contribution is 0.0249. The molecule has 1 amide bonds. The molecule has 0 spiro atoms. The Hall–Kier alpha value is -4.31. The van der Waals surface area contributed by atoms with Gasteiger partial charge in [-0.25, -0.2) is 0 Å². The molecule has 4 aromatic carbocycles. The topological polar surface area (TPSA) is 89.7 Å². The number of benzene rings is 4. The molecule has 0 radical (unpaired) electrons. The third kappa shape index (κ3) is 5.95. The predicted octanol–water partition coefficient (Wildman–Crippen LogP) is 6.68. The Labute approximate surface area is 283 Å². The van der Waals surface area contributed by atoms with Crippen LogP contribution in [0.2, 0.25) is 18.6 Å². The van der Waals surface area contributed by atoms with Gasteiger partial charge in [0.1, 0.15) is 5.75 Å². The second-order valence-corrected chi connectivity index (χ2v) is 18.5. The van der Waals surface area contributed by atoms with Gasteiger partial charge in [0.05, 0.1) is 44.3 Å². The van der Waals surface area contributed by atoms with Crippen LogP contribution in [-0.2, 0) is 24.1 Å². The molecule has 0 aliphatic carbocycles. The van der Waals surface area contributed by atoms with Gasteiger partial charge >= 0.3 is 0 Å². The molecule has 8 nitrogen and oxygen atoms in total. The van der Waals surface area contributed by atoms with E-state index in [4.69, 9.17) is 9.47 Å². The molecule has 48 heavy (non-hydrogen) atoms. The molecule has 1 fully saturated rings. The first kappa shape index (κ1) is 32.2. The maximum Gasteiger partial charge on any atom is 0.263 e. The first-order chi connectivity index (χ1) is 23.3. The Bertz CT molecular complexity index is 1920. The molecule has 9 heteroatoms. The average molecular weight is 661 g/mol. The van der Waals surface area contributed by atoms with Gasteiger partial charge in [-0.1, -0.05) is 78.9 Å². The molecule has 1 saturated heterocycles. The molecule has 2 aliphatic heterocycles. The summed E-state index contributed by atoms with van der Waals surface area (Å²) in [4.78, 5) is 15.5. The van der Waals surface area contributed by atoms with Gasteiger partial charge in [0.25, 0.3) is 5.91 Å². The van der Waals surface area contributed by atoms with Crippen LogP contribution in [0.3, 0.4) is 0 Å². The number of aromatic nitrogens is 3. The largest absolute Gasteiger partial charge is 0.497 e. The number of carbonyl (C=O) groups is 1. The molecule has 4 atom stereocenters. The summed E-state index contributed by atoms with van der Waals surface area (Å²) >= 11 is 0. The minimum atomic E-state index is -2.00. The van der Waals surface area contributed by atoms with Crippen LogP contribution >= 0.6 is 0 Å². The normalized spacial score (nSPS) is 20.6. The van der Waals surface area contributed by atoms with E-state index in [1.54, 1.807) is 7.11 Å². The van der Waals surface area contributed by atoms with Crippen molar-refractivity contribution >= 4 is 41.3 Å². The van der Waals surface area contributed by atoms with Crippen LogP contribution in [0.25, 0.3) is 10.8 Å². The van der Waals surface area contributed by atoms with Crippen LogP contribution < -0.4 is 14.8 Å². The monoisotopic (exact) mass is 660 g/mol. The van der Waals surface area contributed by atoms with Gasteiger partial charge in [-0.05, 0) is 78.1 Å². The summed E-state index contributed by atoms with van der Waals surface area (Å²) in [6.45, 7) is 8.10. The van der Waals surface area contributed by atoms with Crippen molar-refractivity contribution in [2.45, 2.75) is 70.0 Å². The number of nitrogens with zero attached hydrogens (tertiary/aromatic N) is 4. The molecule has 2 aliphatic rings. The zero-order valence-corrected chi connectivity index (χ0v) is 29.2. The number of amides is 1. The van der Waals surface area contributed by atoms with Crippen LogP contribution in [-0.4, -0.2) is 60.0 Å². The summed E-state index contributed by atoms with van der Waals surface area (Å²) in [7, 11) is -0.288. The summed E-state index contributed by atoms with van der Waals surface area (Å²) < 4.78 is 14.4. The number of carbonyl (C=O) groups excluding carboxylic acids is 1. The molecule has 3 heterocycles. The standard InChI is InChI=1S/C39H44N4O4Si/c1-26-35(19-14-27-8-5-11-30(24-27)43-34-13-7-10-28-9-6-12-33(37(28)34)39(43)45)47-36(20-22-42-25-29(21-23-44)40-41-42)38(26)48(3,4)32-17-15-31(46-2)16-18-32/h5-13,15-18,24-26,35-36,38,44H,14,19-23H2,1-4H3/t26-,35+,36-,38+/m0/s1. The van der Waals surface area contributed by atoms with E-state index in [-0.39, 0.29) is 24.7 Å². The van der Waals surface area contributed by atoms with Crippen LogP contribution in [0.15, 0.2) is 91.1 Å². The number of methoxy groups -OCH3 is 1. The van der Waals surface area contributed by atoms with Gasteiger partial charge in [0.15, 0.2) is 0 Å². The van der Waals surface area contributed by atoms with Crippen molar-refractivity contribution in [1.29, 1.82) is 0 Å². The summed E-state index contributed by atoms with van der Waals surface area (Å²) in [5.74, 6) is 1.27. The van der Waals surface area contributed by atoms with E-state index in [1.807, 2.05) is 46.1 Å². The molecule has 1 aromatic heterocycles. The highest BCUT2D eigenvalue weighted by Crippen LogP contribution is 2.47. The van der Waals surface area contributed by atoms with E-state index < -0.39 is 8.07 Å². The molecule has 1 N–H and O–H groups in total. The Morgan fingerprint density at radius 1 is 0.938 bits per heavy atom. The molecular formula is C39H44N4O4Si. The Balaban J connectivity index is 1.10. The van der Waals surface area contributed by atoms with E-state index >= 15 is 0 Å². The van der Waals surface area contributed by atoms with Crippen molar-refractivity contribution < 1.29 is 19.4 Å². The molecule has 0 bridgehead atoms. The second kappa shape index (κ2) is 13.3. The highest BCUT2D eigenvalue weighted by Gasteiger charge is 2.50. The van der Waals surface area contributed by atoms with E-state index in [1.165, 1.54) is 10.8 Å². The van der Waals surface area contributed by atoms with Gasteiger partial charge in [-0.2, -0.15) is 0 Å². The average Bonchev–Trinajstić information content (AvgIpc) is 3.77. The first-order valence-corrected chi connectivity index (χ1v) is 20.1. The quantitative estimate of drug-likeness (QED) is 0.150. The van der Waals surface area contributed by atoms with Gasteiger partial charge in [-0.15, -0.1) is 5.10 Å². The number of ether oxygens (including phenoxy) is 2. The summed E-state index contributed by atoms with van der Waals surface area (Å²) in [5, 5.41) is 21.4. The first-order valence-electron chi connectivity index (χ1n) is 17.0. The number of anilines is 2. The highest BCUT2D eigenvalue weighted by atomic mass is 28.3. The fraction of sp³-hybridized carbons (Fsp3) is 0.359. The second-order valence-electron chi connectivity index (χ2n) is 13.8. The van der Waals surface area contributed by atoms with Gasteiger partial charge in [0.2, 0.25) is 0 Å². The fourth-order valence-corrected chi connectivity index (χ4v) is 12.3. The van der Waals surface area contributed by atoms with Crippen LogP contribution in [0.4, 0.5) is 11.4 Å². The van der Waals surface area contributed by atoms with Crippen molar-refractivity contribution in [2.75, 3.05) is 18.6 Å². The Kier molecular flexibility index (Phi) is 8.93. The van der Waals surface area contributed by atoms with E-state index in [0.717, 1.165) is 58.4 Å². The fourth-order valence-electron chi connectivity index (χ4n) is 8.18. The number of rotatable bonds is 12. The molecule has 0 unspecified atom stereocenters. The number of hydrogen-bond donors (Lipinski definition) is 1. The number of hydrogen-bond acceptors (Lipinski definition) is 6. The summed E-state index contributed by atoms with van der Waals surface area (Å²) in [5.41, 5.74) is 5.02. The van der Waals surface area contributed by atoms with Crippen molar-refractivity contribution in [3.63, 3.8) is 0 Å². The van der Waals surface area contributed by atoms with E-state index in [0.29, 0.717) is 24.4 Å². The van der Waals surface area contributed by atoms with Crippen molar-refractivity contribution in [3.8, 4) is 5.75 Å². The highest BCUT2D eigenvalue weighted by molar-refractivity contribution is 6.91. The Morgan fingerprint density at radius 3 is 2.48 bits per heavy atom. The minimum Gasteiger partial charge on any atom is -0.497 e. The number of aryl methyl sites for hydroxylation is 2. The van der Waals surface area contributed by atoms with Crippen LogP contribution in [0.5, 0.6) is 5.75 Å². The van der Waals surface area contributed by atoms with Crippen LogP contribution in [0.1, 0.15) is 41.4 Å². The molecular weight excluding hydrogens is 617 g/mol. The maximum absolute atomic E-state index is 13.6. The van der Waals surface area contributed by atoms with Gasteiger partial charge < -0.3 is 14.6 Å². The third-order valence-corrected chi connectivity index (χ3v) is 15.0. The van der Waals surface area contributed by atoms with Gasteiger partial charge in [-0.3, -0.25) is 14.4 Å². The predicted molar refractivity (Wildman–Crippen MR) is 192 cm³/mol. The molecule has 5 aromatic rings.